The number of carbonyl (C=O) groups is 2. The van der Waals surface area contributed by atoms with Crippen LogP contribution in [0, 0.1) is 6.92 Å². The van der Waals surface area contributed by atoms with E-state index in [1.165, 1.54) is 0 Å². The number of aryl methyl sites for hydroxylation is 1. The Morgan fingerprint density at radius 1 is 0.907 bits per heavy atom. The van der Waals surface area contributed by atoms with E-state index in [4.69, 9.17) is 25.8 Å². The number of rotatable bonds is 9. The molecule has 0 amide bonds. The number of benzene rings is 3. The SMILES string of the molecule is COCCCN1C2=C(C(=O)CCC2)C(c2cc(Cl)c(OCc3c(C)ccc4ccccc34)c(OC)c2)C2=C1CCCC2=O. The average molecular weight is 600 g/mol. The van der Waals surface area contributed by atoms with Crippen LogP contribution in [0.4, 0.5) is 0 Å². The molecule has 3 aromatic carbocycles. The molecule has 0 atom stereocenters. The Labute approximate surface area is 258 Å². The molecule has 0 saturated heterocycles. The van der Waals surface area contributed by atoms with E-state index in [0.29, 0.717) is 42.6 Å². The number of Topliss-reactive ketones (excluding diaryl/α,β-unsaturated/α-hetero) is 2. The second-order valence-corrected chi connectivity index (χ2v) is 12.0. The van der Waals surface area contributed by atoms with E-state index in [0.717, 1.165) is 88.7 Å². The van der Waals surface area contributed by atoms with E-state index in [1.54, 1.807) is 14.2 Å². The molecule has 0 unspecified atom stereocenters. The molecule has 6 rings (SSSR count). The molecule has 0 radical (unpaired) electrons. The molecule has 0 saturated carbocycles. The molecular formula is C36H38ClNO5. The highest BCUT2D eigenvalue weighted by Crippen LogP contribution is 2.51. The van der Waals surface area contributed by atoms with Crippen LogP contribution in [0.15, 0.2) is 71.1 Å². The molecule has 0 bridgehead atoms. The second-order valence-electron chi connectivity index (χ2n) is 11.6. The monoisotopic (exact) mass is 599 g/mol. The number of carbonyl (C=O) groups excluding carboxylic acids is 2. The van der Waals surface area contributed by atoms with Gasteiger partial charge < -0.3 is 19.1 Å². The largest absolute Gasteiger partial charge is 0.493 e. The van der Waals surface area contributed by atoms with Gasteiger partial charge in [-0.05, 0) is 73.1 Å². The predicted molar refractivity (Wildman–Crippen MR) is 169 cm³/mol. The van der Waals surface area contributed by atoms with E-state index in [9.17, 15) is 9.59 Å². The number of allylic oxidation sites excluding steroid dienone is 4. The summed E-state index contributed by atoms with van der Waals surface area (Å²) in [7, 11) is 3.29. The molecule has 3 aromatic rings. The first kappa shape index (κ1) is 29.5. The molecule has 0 spiro atoms. The van der Waals surface area contributed by atoms with Gasteiger partial charge in [0.1, 0.15) is 6.61 Å². The second kappa shape index (κ2) is 12.6. The van der Waals surface area contributed by atoms with Crippen molar-refractivity contribution in [3.63, 3.8) is 0 Å². The van der Waals surface area contributed by atoms with Crippen molar-refractivity contribution in [1.29, 1.82) is 0 Å². The molecular weight excluding hydrogens is 562 g/mol. The van der Waals surface area contributed by atoms with Crippen molar-refractivity contribution < 1.29 is 23.8 Å². The van der Waals surface area contributed by atoms with Crippen LogP contribution >= 0.6 is 11.6 Å². The van der Waals surface area contributed by atoms with Crippen LogP contribution in [0.2, 0.25) is 5.02 Å². The summed E-state index contributed by atoms with van der Waals surface area (Å²) in [6, 6.07) is 16.2. The van der Waals surface area contributed by atoms with Gasteiger partial charge in [-0.2, -0.15) is 0 Å². The summed E-state index contributed by atoms with van der Waals surface area (Å²) < 4.78 is 17.5. The maximum Gasteiger partial charge on any atom is 0.180 e. The van der Waals surface area contributed by atoms with Crippen LogP contribution in [-0.2, 0) is 20.9 Å². The quantitative estimate of drug-likeness (QED) is 0.233. The van der Waals surface area contributed by atoms with E-state index >= 15 is 0 Å². The molecule has 2 aliphatic carbocycles. The maximum absolute atomic E-state index is 13.6. The molecule has 7 heteroatoms. The lowest BCUT2D eigenvalue weighted by Gasteiger charge is -2.44. The Balaban J connectivity index is 1.41. The number of halogens is 1. The van der Waals surface area contributed by atoms with Gasteiger partial charge in [0, 0.05) is 67.1 Å². The van der Waals surface area contributed by atoms with Crippen molar-refractivity contribution in [3.05, 3.63) is 92.8 Å². The molecule has 6 nitrogen and oxygen atoms in total. The molecule has 0 aromatic heterocycles. The van der Waals surface area contributed by atoms with Crippen LogP contribution in [0.25, 0.3) is 10.8 Å². The van der Waals surface area contributed by atoms with Crippen LogP contribution in [-0.4, -0.2) is 43.8 Å². The van der Waals surface area contributed by atoms with Crippen LogP contribution in [0.3, 0.4) is 0 Å². The summed E-state index contributed by atoms with van der Waals surface area (Å²) in [5.74, 6) is 0.680. The topological polar surface area (TPSA) is 65.1 Å². The van der Waals surface area contributed by atoms with Gasteiger partial charge in [0.15, 0.2) is 23.1 Å². The number of methoxy groups -OCH3 is 2. The van der Waals surface area contributed by atoms with Crippen molar-refractivity contribution in [1.82, 2.24) is 4.90 Å². The highest BCUT2D eigenvalue weighted by Gasteiger charge is 2.43. The summed E-state index contributed by atoms with van der Waals surface area (Å²) in [5.41, 5.74) is 6.57. The van der Waals surface area contributed by atoms with Gasteiger partial charge in [-0.15, -0.1) is 0 Å². The minimum absolute atomic E-state index is 0.106. The molecule has 0 fully saturated rings. The summed E-state index contributed by atoms with van der Waals surface area (Å²) in [6.45, 7) is 3.75. The van der Waals surface area contributed by atoms with Gasteiger partial charge in [0.2, 0.25) is 0 Å². The minimum Gasteiger partial charge on any atom is -0.493 e. The van der Waals surface area contributed by atoms with Crippen molar-refractivity contribution >= 4 is 33.9 Å². The lowest BCUT2D eigenvalue weighted by Crippen LogP contribution is -2.39. The highest BCUT2D eigenvalue weighted by molar-refractivity contribution is 6.32. The fourth-order valence-electron chi connectivity index (χ4n) is 7.01. The smallest absolute Gasteiger partial charge is 0.180 e. The first-order valence-corrected chi connectivity index (χ1v) is 15.6. The van der Waals surface area contributed by atoms with Gasteiger partial charge in [-0.1, -0.05) is 48.0 Å². The first-order valence-electron chi connectivity index (χ1n) is 15.2. The van der Waals surface area contributed by atoms with Crippen molar-refractivity contribution in [2.75, 3.05) is 27.4 Å². The van der Waals surface area contributed by atoms with Gasteiger partial charge in [-0.3, -0.25) is 9.59 Å². The van der Waals surface area contributed by atoms with Gasteiger partial charge in [0.25, 0.3) is 0 Å². The molecule has 3 aliphatic rings. The number of nitrogens with zero attached hydrogens (tertiary/aromatic N) is 1. The van der Waals surface area contributed by atoms with E-state index in [2.05, 4.69) is 36.1 Å². The number of hydrogen-bond donors (Lipinski definition) is 0. The van der Waals surface area contributed by atoms with E-state index < -0.39 is 5.92 Å². The standard InChI is InChI=1S/C36H38ClNO5/c1-22-15-16-23-9-4-5-10-25(23)26(22)21-43-36-27(37)19-24(20-32(36)42-3)33-34-28(11-6-13-30(34)39)38(17-8-18-41-2)29-12-7-14-31(40)35(29)33/h4-5,9-10,15-16,19-20,33H,6-8,11-14,17-18,21H2,1-3H3. The highest BCUT2D eigenvalue weighted by atomic mass is 35.5. The van der Waals surface area contributed by atoms with Gasteiger partial charge in [-0.25, -0.2) is 0 Å². The van der Waals surface area contributed by atoms with E-state index in [-0.39, 0.29) is 11.6 Å². The number of ether oxygens (including phenoxy) is 3. The molecule has 43 heavy (non-hydrogen) atoms. The number of ketones is 2. The molecule has 1 aliphatic heterocycles. The molecule has 224 valence electrons. The number of hydrogen-bond acceptors (Lipinski definition) is 6. The normalized spacial score (nSPS) is 17.4. The van der Waals surface area contributed by atoms with Crippen LogP contribution in [0.5, 0.6) is 11.5 Å². The Kier molecular flexibility index (Phi) is 8.60. The number of fused-ring (bicyclic) bond motifs is 1. The third-order valence-electron chi connectivity index (χ3n) is 9.04. The fraction of sp³-hybridized carbons (Fsp3) is 0.389. The van der Waals surface area contributed by atoms with Gasteiger partial charge >= 0.3 is 0 Å². The Morgan fingerprint density at radius 2 is 1.60 bits per heavy atom. The van der Waals surface area contributed by atoms with Crippen LogP contribution < -0.4 is 9.47 Å². The zero-order valence-corrected chi connectivity index (χ0v) is 25.9. The summed E-state index contributed by atoms with van der Waals surface area (Å²) >= 11 is 6.96. The lowest BCUT2D eigenvalue weighted by atomic mass is 9.71. The predicted octanol–water partition coefficient (Wildman–Crippen LogP) is 7.84. The minimum atomic E-state index is -0.468. The van der Waals surface area contributed by atoms with Gasteiger partial charge in [0.05, 0.1) is 12.1 Å². The Hall–Kier alpha value is -3.61. The molecule has 1 heterocycles. The Morgan fingerprint density at radius 3 is 2.28 bits per heavy atom. The Bertz CT molecular complexity index is 1610. The summed E-state index contributed by atoms with van der Waals surface area (Å²) in [4.78, 5) is 29.5. The third kappa shape index (κ3) is 5.47. The van der Waals surface area contributed by atoms with E-state index in [1.807, 2.05) is 24.3 Å². The van der Waals surface area contributed by atoms with Crippen LogP contribution in [0.1, 0.15) is 67.6 Å². The zero-order valence-electron chi connectivity index (χ0n) is 25.1. The summed E-state index contributed by atoms with van der Waals surface area (Å²) in [5, 5.41) is 2.68. The van der Waals surface area contributed by atoms with Crippen molar-refractivity contribution in [2.24, 2.45) is 0 Å². The zero-order chi connectivity index (χ0) is 30.1. The maximum atomic E-state index is 13.6. The fourth-order valence-corrected chi connectivity index (χ4v) is 7.29. The average Bonchev–Trinajstić information content (AvgIpc) is 3.01. The lowest BCUT2D eigenvalue weighted by molar-refractivity contribution is -0.117. The third-order valence-corrected chi connectivity index (χ3v) is 9.32. The molecule has 0 N–H and O–H groups in total. The summed E-state index contributed by atoms with van der Waals surface area (Å²) in [6.07, 6.45) is 5.03. The first-order chi connectivity index (χ1) is 20.9. The van der Waals surface area contributed by atoms with Crippen molar-refractivity contribution in [3.8, 4) is 11.5 Å². The van der Waals surface area contributed by atoms with Crippen molar-refractivity contribution in [2.45, 2.75) is 64.4 Å².